The lowest BCUT2D eigenvalue weighted by molar-refractivity contribution is -0.131. The number of likely N-dealkylation sites (N-methyl/N-ethyl adjacent to an activating group) is 1. The number of amides is 1. The van der Waals surface area contributed by atoms with Gasteiger partial charge in [-0.15, -0.1) is 0 Å². The molecule has 0 heterocycles. The second-order valence-electron chi connectivity index (χ2n) is 4.75. The molecule has 1 fully saturated rings. The van der Waals surface area contributed by atoms with Crippen LogP contribution in [0.4, 0.5) is 4.39 Å². The van der Waals surface area contributed by atoms with Gasteiger partial charge in [-0.25, -0.2) is 4.39 Å². The summed E-state index contributed by atoms with van der Waals surface area (Å²) in [5.41, 5.74) is 0.750. The summed E-state index contributed by atoms with van der Waals surface area (Å²) in [6, 6.07) is 6.66. The van der Waals surface area contributed by atoms with Crippen LogP contribution in [0, 0.1) is 5.82 Å². The Hall–Kier alpha value is -1.38. The fraction of sp³-hybridized carbons (Fsp3) is 0.500. The molecule has 0 bridgehead atoms. The summed E-state index contributed by atoms with van der Waals surface area (Å²) in [4.78, 5) is 13.8. The number of carbonyl (C=O) groups excluding carboxylic acids is 1. The highest BCUT2D eigenvalue weighted by atomic mass is 19.1. The van der Waals surface area contributed by atoms with Crippen molar-refractivity contribution in [3.8, 4) is 0 Å². The van der Waals surface area contributed by atoms with Crippen LogP contribution < -0.4 is 0 Å². The average molecular weight is 235 g/mol. The highest BCUT2D eigenvalue weighted by Gasteiger charge is 2.23. The van der Waals surface area contributed by atoms with Gasteiger partial charge in [-0.1, -0.05) is 25.0 Å². The van der Waals surface area contributed by atoms with E-state index in [9.17, 15) is 9.18 Å². The lowest BCUT2D eigenvalue weighted by Gasteiger charge is -2.24. The summed E-state index contributed by atoms with van der Waals surface area (Å²) in [7, 11) is 1.86. The third kappa shape index (κ3) is 3.05. The van der Waals surface area contributed by atoms with Crippen LogP contribution in [0.1, 0.15) is 31.2 Å². The molecule has 1 amide bonds. The van der Waals surface area contributed by atoms with E-state index in [4.69, 9.17) is 0 Å². The van der Waals surface area contributed by atoms with Crippen molar-refractivity contribution in [2.24, 2.45) is 0 Å². The summed E-state index contributed by atoms with van der Waals surface area (Å²) >= 11 is 0. The molecule has 92 valence electrons. The predicted octanol–water partition coefficient (Wildman–Crippen LogP) is 2.77. The minimum absolute atomic E-state index is 0.0856. The first-order chi connectivity index (χ1) is 8.16. The molecule has 2 rings (SSSR count). The average Bonchev–Trinajstić information content (AvgIpc) is 2.81. The van der Waals surface area contributed by atoms with Gasteiger partial charge in [0.25, 0.3) is 0 Å². The van der Waals surface area contributed by atoms with Gasteiger partial charge in [0.2, 0.25) is 5.91 Å². The maximum Gasteiger partial charge on any atom is 0.226 e. The number of hydrogen-bond acceptors (Lipinski definition) is 1. The molecule has 1 aliphatic carbocycles. The first kappa shape index (κ1) is 12.1. The van der Waals surface area contributed by atoms with Gasteiger partial charge in [0.1, 0.15) is 5.82 Å². The zero-order chi connectivity index (χ0) is 12.3. The molecule has 0 unspecified atom stereocenters. The van der Waals surface area contributed by atoms with Crippen LogP contribution in [0.5, 0.6) is 0 Å². The second-order valence-corrected chi connectivity index (χ2v) is 4.75. The third-order valence-electron chi connectivity index (χ3n) is 3.51. The van der Waals surface area contributed by atoms with E-state index in [1.807, 2.05) is 11.9 Å². The molecule has 1 aromatic carbocycles. The Morgan fingerprint density at radius 1 is 1.41 bits per heavy atom. The van der Waals surface area contributed by atoms with Crippen molar-refractivity contribution >= 4 is 5.91 Å². The van der Waals surface area contributed by atoms with Crippen molar-refractivity contribution in [3.05, 3.63) is 35.6 Å². The molecular weight excluding hydrogens is 217 g/mol. The zero-order valence-electron chi connectivity index (χ0n) is 10.2. The Kier molecular flexibility index (Phi) is 3.77. The number of nitrogens with zero attached hydrogens (tertiary/aromatic N) is 1. The first-order valence-electron chi connectivity index (χ1n) is 6.17. The van der Waals surface area contributed by atoms with E-state index in [1.54, 1.807) is 12.1 Å². The molecule has 0 aromatic heterocycles. The molecule has 1 aromatic rings. The largest absolute Gasteiger partial charge is 0.342 e. The van der Waals surface area contributed by atoms with Crippen LogP contribution in [0.3, 0.4) is 0 Å². The van der Waals surface area contributed by atoms with Crippen molar-refractivity contribution < 1.29 is 9.18 Å². The van der Waals surface area contributed by atoms with Gasteiger partial charge < -0.3 is 4.90 Å². The number of halogens is 1. The minimum atomic E-state index is -0.279. The van der Waals surface area contributed by atoms with Crippen molar-refractivity contribution in [1.82, 2.24) is 4.90 Å². The highest BCUT2D eigenvalue weighted by molar-refractivity contribution is 5.78. The van der Waals surface area contributed by atoms with Crippen molar-refractivity contribution in [2.75, 3.05) is 7.05 Å². The Morgan fingerprint density at radius 3 is 2.76 bits per heavy atom. The maximum atomic E-state index is 13.0. The minimum Gasteiger partial charge on any atom is -0.342 e. The van der Waals surface area contributed by atoms with E-state index in [1.165, 1.54) is 25.0 Å². The summed E-state index contributed by atoms with van der Waals surface area (Å²) < 4.78 is 13.0. The molecule has 0 saturated heterocycles. The van der Waals surface area contributed by atoms with Gasteiger partial charge in [0.05, 0.1) is 6.42 Å². The lowest BCUT2D eigenvalue weighted by atomic mass is 10.1. The van der Waals surface area contributed by atoms with E-state index in [0.29, 0.717) is 12.5 Å². The molecule has 17 heavy (non-hydrogen) atoms. The van der Waals surface area contributed by atoms with Crippen LogP contribution in [0.25, 0.3) is 0 Å². The van der Waals surface area contributed by atoms with E-state index in [2.05, 4.69) is 0 Å². The summed E-state index contributed by atoms with van der Waals surface area (Å²) in [5, 5.41) is 0. The van der Waals surface area contributed by atoms with E-state index in [0.717, 1.165) is 18.4 Å². The van der Waals surface area contributed by atoms with Crippen LogP contribution in [-0.4, -0.2) is 23.9 Å². The van der Waals surface area contributed by atoms with Gasteiger partial charge in [-0.2, -0.15) is 0 Å². The molecule has 1 aliphatic rings. The number of benzene rings is 1. The summed E-state index contributed by atoms with van der Waals surface area (Å²) in [6.07, 6.45) is 4.92. The maximum absolute atomic E-state index is 13.0. The topological polar surface area (TPSA) is 20.3 Å². The van der Waals surface area contributed by atoms with Gasteiger partial charge in [0.15, 0.2) is 0 Å². The van der Waals surface area contributed by atoms with E-state index in [-0.39, 0.29) is 11.7 Å². The Morgan fingerprint density at radius 2 is 2.12 bits per heavy atom. The molecular formula is C14H18FNO. The predicted molar refractivity (Wildman–Crippen MR) is 65.1 cm³/mol. The van der Waals surface area contributed by atoms with Crippen LogP contribution >= 0.6 is 0 Å². The van der Waals surface area contributed by atoms with Gasteiger partial charge in [-0.3, -0.25) is 4.79 Å². The fourth-order valence-corrected chi connectivity index (χ4v) is 2.44. The number of hydrogen-bond donors (Lipinski definition) is 0. The van der Waals surface area contributed by atoms with Crippen LogP contribution in [-0.2, 0) is 11.2 Å². The Labute approximate surface area is 101 Å². The van der Waals surface area contributed by atoms with Gasteiger partial charge in [-0.05, 0) is 30.5 Å². The molecule has 0 atom stereocenters. The highest BCUT2D eigenvalue weighted by Crippen LogP contribution is 2.22. The summed E-state index contributed by atoms with van der Waals surface area (Å²) in [6.45, 7) is 0. The normalized spacial score (nSPS) is 16.1. The quantitative estimate of drug-likeness (QED) is 0.789. The van der Waals surface area contributed by atoms with E-state index < -0.39 is 0 Å². The standard InChI is InChI=1S/C14H18FNO/c1-16(13-7-2-3-8-13)14(17)10-11-5-4-6-12(15)9-11/h4-6,9,13H,2-3,7-8,10H2,1H3. The number of carbonyl (C=O) groups is 1. The molecule has 0 N–H and O–H groups in total. The molecule has 1 saturated carbocycles. The fourth-order valence-electron chi connectivity index (χ4n) is 2.44. The smallest absolute Gasteiger partial charge is 0.226 e. The van der Waals surface area contributed by atoms with Crippen molar-refractivity contribution in [3.63, 3.8) is 0 Å². The Bertz CT molecular complexity index is 399. The first-order valence-corrected chi connectivity index (χ1v) is 6.17. The third-order valence-corrected chi connectivity index (χ3v) is 3.51. The molecule has 2 nitrogen and oxygen atoms in total. The number of rotatable bonds is 3. The van der Waals surface area contributed by atoms with E-state index >= 15 is 0 Å². The van der Waals surface area contributed by atoms with Crippen LogP contribution in [0.15, 0.2) is 24.3 Å². The van der Waals surface area contributed by atoms with Crippen molar-refractivity contribution in [1.29, 1.82) is 0 Å². The molecule has 0 spiro atoms. The monoisotopic (exact) mass is 235 g/mol. The van der Waals surface area contributed by atoms with Gasteiger partial charge >= 0.3 is 0 Å². The molecule has 0 radical (unpaired) electrons. The Balaban J connectivity index is 1.96. The lowest BCUT2D eigenvalue weighted by Crippen LogP contribution is -2.36. The van der Waals surface area contributed by atoms with Crippen molar-refractivity contribution in [2.45, 2.75) is 38.1 Å². The second kappa shape index (κ2) is 5.30. The molecule has 0 aliphatic heterocycles. The zero-order valence-corrected chi connectivity index (χ0v) is 10.2. The van der Waals surface area contributed by atoms with Gasteiger partial charge in [0, 0.05) is 13.1 Å². The van der Waals surface area contributed by atoms with Crippen LogP contribution in [0.2, 0.25) is 0 Å². The SMILES string of the molecule is CN(C(=O)Cc1cccc(F)c1)C1CCCC1. The summed E-state index contributed by atoms with van der Waals surface area (Å²) in [5.74, 6) is -0.193. The molecule has 3 heteroatoms.